The van der Waals surface area contributed by atoms with E-state index in [1.54, 1.807) is 0 Å². The standard InChI is InChI=1S/C58H33N3O2/c1-2-14-38-37(13-1)39-15-3-8-20-47(39)58(48-21-9-4-16-40(38)48)49-22-10-5-17-41(49)42-28-25-35(32-50(42)58)56-59-55(34-27-30-53-46(31-34)44-19-7-12-24-52(44)62-53)60-57(61-56)36-26-29-45-43-18-6-11-23-51(43)63-54(45)33-36/h1-33H. The molecule has 14 rings (SSSR count). The Balaban J connectivity index is 1.03. The summed E-state index contributed by atoms with van der Waals surface area (Å²) in [7, 11) is 0. The van der Waals surface area contributed by atoms with Gasteiger partial charge in [0.1, 0.15) is 22.3 Å². The number of rotatable bonds is 3. The van der Waals surface area contributed by atoms with E-state index in [2.05, 4.69) is 152 Å². The molecule has 0 unspecified atom stereocenters. The third kappa shape index (κ3) is 4.79. The number of para-hydroxylation sites is 2. The number of furan rings is 2. The third-order valence-corrected chi connectivity index (χ3v) is 13.4. The zero-order chi connectivity index (χ0) is 41.2. The van der Waals surface area contributed by atoms with Gasteiger partial charge in [0, 0.05) is 38.2 Å². The Bertz CT molecular complexity index is 3830. The van der Waals surface area contributed by atoms with Crippen molar-refractivity contribution in [2.45, 2.75) is 5.41 Å². The molecule has 0 saturated heterocycles. The molecule has 9 aromatic carbocycles. The van der Waals surface area contributed by atoms with Crippen molar-refractivity contribution in [3.63, 3.8) is 0 Å². The van der Waals surface area contributed by atoms with Crippen LogP contribution in [0.15, 0.2) is 209 Å². The van der Waals surface area contributed by atoms with Crippen molar-refractivity contribution in [2.75, 3.05) is 0 Å². The van der Waals surface area contributed by atoms with Crippen LogP contribution in [-0.4, -0.2) is 15.0 Å². The van der Waals surface area contributed by atoms with Gasteiger partial charge in [-0.2, -0.15) is 0 Å². The van der Waals surface area contributed by atoms with E-state index in [1.807, 2.05) is 48.5 Å². The second-order valence-corrected chi connectivity index (χ2v) is 16.6. The first-order chi connectivity index (χ1) is 31.2. The number of nitrogens with zero attached hydrogens (tertiary/aromatic N) is 3. The SMILES string of the molecule is c1ccc2c(c1)-c1ccccc1C1(c3ccccc3-2)c2ccccc2-c2ccc(-c3nc(-c4ccc5c(c4)oc4ccccc45)nc(-c4ccc5oc6ccccc6c5c4)n3)cc21. The van der Waals surface area contributed by atoms with Gasteiger partial charge in [-0.15, -0.1) is 0 Å². The van der Waals surface area contributed by atoms with Crippen LogP contribution in [-0.2, 0) is 5.41 Å². The highest BCUT2D eigenvalue weighted by molar-refractivity contribution is 6.07. The molecule has 0 N–H and O–H groups in total. The van der Waals surface area contributed by atoms with E-state index in [0.717, 1.165) is 60.6 Å². The lowest BCUT2D eigenvalue weighted by atomic mass is 9.66. The minimum atomic E-state index is -0.632. The van der Waals surface area contributed by atoms with Crippen molar-refractivity contribution in [1.29, 1.82) is 0 Å². The first-order valence-corrected chi connectivity index (χ1v) is 21.3. The van der Waals surface area contributed by atoms with Crippen LogP contribution in [0.4, 0.5) is 0 Å². The zero-order valence-electron chi connectivity index (χ0n) is 33.7. The molecule has 0 bridgehead atoms. The van der Waals surface area contributed by atoms with Crippen LogP contribution in [0.25, 0.3) is 111 Å². The van der Waals surface area contributed by atoms with Crippen LogP contribution < -0.4 is 0 Å². The molecular weight excluding hydrogens is 771 g/mol. The summed E-state index contributed by atoms with van der Waals surface area (Å²) in [5.74, 6) is 1.73. The molecule has 12 aromatic rings. The predicted octanol–water partition coefficient (Wildman–Crippen LogP) is 14.7. The van der Waals surface area contributed by atoms with Crippen molar-refractivity contribution in [3.8, 4) is 67.5 Å². The van der Waals surface area contributed by atoms with Crippen molar-refractivity contribution >= 4 is 43.9 Å². The Labute approximate surface area is 361 Å². The Hall–Kier alpha value is -8.41. The molecule has 5 nitrogen and oxygen atoms in total. The predicted molar refractivity (Wildman–Crippen MR) is 252 cm³/mol. The molecule has 292 valence electrons. The smallest absolute Gasteiger partial charge is 0.164 e. The van der Waals surface area contributed by atoms with E-state index < -0.39 is 5.41 Å². The van der Waals surface area contributed by atoms with Crippen LogP contribution in [0.3, 0.4) is 0 Å². The molecule has 0 fully saturated rings. The molecular formula is C58H33N3O2. The summed E-state index contributed by atoms with van der Waals surface area (Å²) in [6, 6.07) is 71.2. The van der Waals surface area contributed by atoms with Gasteiger partial charge in [0.05, 0.1) is 5.41 Å². The highest BCUT2D eigenvalue weighted by Gasteiger charge is 2.49. The average molecular weight is 804 g/mol. The summed E-state index contributed by atoms with van der Waals surface area (Å²) in [4.78, 5) is 15.9. The lowest BCUT2D eigenvalue weighted by molar-refractivity contribution is 0.668. The average Bonchev–Trinajstić information content (AvgIpc) is 3.99. The van der Waals surface area contributed by atoms with Crippen molar-refractivity contribution in [1.82, 2.24) is 15.0 Å². The fourth-order valence-electron chi connectivity index (χ4n) is 10.7. The normalized spacial score (nSPS) is 13.2. The lowest BCUT2D eigenvalue weighted by Gasteiger charge is -2.35. The van der Waals surface area contributed by atoms with Gasteiger partial charge in [-0.25, -0.2) is 15.0 Å². The summed E-state index contributed by atoms with van der Waals surface area (Å²) in [6.45, 7) is 0. The molecule has 2 aliphatic carbocycles. The number of aromatic nitrogens is 3. The van der Waals surface area contributed by atoms with Crippen molar-refractivity contribution in [2.24, 2.45) is 0 Å². The van der Waals surface area contributed by atoms with Gasteiger partial charge in [0.2, 0.25) is 0 Å². The molecule has 5 heteroatoms. The van der Waals surface area contributed by atoms with Crippen LogP contribution >= 0.6 is 0 Å². The van der Waals surface area contributed by atoms with E-state index in [-0.39, 0.29) is 0 Å². The number of benzene rings is 9. The summed E-state index contributed by atoms with van der Waals surface area (Å²) in [5, 5.41) is 4.19. The highest BCUT2D eigenvalue weighted by Crippen LogP contribution is 2.61. The molecule has 3 heterocycles. The van der Waals surface area contributed by atoms with Gasteiger partial charge in [0.25, 0.3) is 0 Å². The number of fused-ring (bicyclic) bond motifs is 18. The maximum atomic E-state index is 6.38. The summed E-state index contributed by atoms with van der Waals surface area (Å²) >= 11 is 0. The number of hydrogen-bond acceptors (Lipinski definition) is 5. The monoisotopic (exact) mass is 803 g/mol. The van der Waals surface area contributed by atoms with E-state index in [0.29, 0.717) is 17.5 Å². The maximum Gasteiger partial charge on any atom is 0.164 e. The highest BCUT2D eigenvalue weighted by atomic mass is 16.3. The molecule has 63 heavy (non-hydrogen) atoms. The van der Waals surface area contributed by atoms with E-state index >= 15 is 0 Å². The lowest BCUT2D eigenvalue weighted by Crippen LogP contribution is -2.29. The fraction of sp³-hybridized carbons (Fsp3) is 0.0172. The largest absolute Gasteiger partial charge is 0.456 e. The molecule has 1 spiro atoms. The van der Waals surface area contributed by atoms with Gasteiger partial charge in [-0.1, -0.05) is 152 Å². The van der Waals surface area contributed by atoms with Gasteiger partial charge < -0.3 is 8.83 Å². The van der Waals surface area contributed by atoms with Gasteiger partial charge in [-0.05, 0) is 104 Å². The Kier molecular flexibility index (Phi) is 6.97. The second-order valence-electron chi connectivity index (χ2n) is 16.6. The summed E-state index contributed by atoms with van der Waals surface area (Å²) in [5.41, 5.74) is 17.6. The Morgan fingerprint density at radius 1 is 0.270 bits per heavy atom. The van der Waals surface area contributed by atoms with Crippen LogP contribution in [0.5, 0.6) is 0 Å². The first-order valence-electron chi connectivity index (χ1n) is 21.3. The van der Waals surface area contributed by atoms with Gasteiger partial charge >= 0.3 is 0 Å². The van der Waals surface area contributed by atoms with Gasteiger partial charge in [0.15, 0.2) is 17.5 Å². The fourth-order valence-corrected chi connectivity index (χ4v) is 10.7. The molecule has 0 amide bonds. The quantitative estimate of drug-likeness (QED) is 0.178. The van der Waals surface area contributed by atoms with E-state index in [1.165, 1.54) is 55.6 Å². The molecule has 0 atom stereocenters. The molecule has 0 aliphatic heterocycles. The Morgan fingerprint density at radius 2 is 0.667 bits per heavy atom. The van der Waals surface area contributed by atoms with Crippen molar-refractivity contribution in [3.05, 3.63) is 222 Å². The minimum Gasteiger partial charge on any atom is -0.456 e. The molecule has 2 aliphatic rings. The van der Waals surface area contributed by atoms with Crippen LogP contribution in [0.1, 0.15) is 22.3 Å². The number of hydrogen-bond donors (Lipinski definition) is 0. The van der Waals surface area contributed by atoms with Crippen LogP contribution in [0.2, 0.25) is 0 Å². The van der Waals surface area contributed by atoms with Crippen molar-refractivity contribution < 1.29 is 8.83 Å². The molecule has 3 aromatic heterocycles. The Morgan fingerprint density at radius 3 is 1.29 bits per heavy atom. The van der Waals surface area contributed by atoms with E-state index in [4.69, 9.17) is 23.8 Å². The maximum absolute atomic E-state index is 6.38. The first kappa shape index (κ1) is 34.3. The van der Waals surface area contributed by atoms with Crippen LogP contribution in [0, 0.1) is 0 Å². The second kappa shape index (κ2) is 12.8. The zero-order valence-corrected chi connectivity index (χ0v) is 33.7. The topological polar surface area (TPSA) is 65.0 Å². The third-order valence-electron chi connectivity index (χ3n) is 13.4. The van der Waals surface area contributed by atoms with E-state index in [9.17, 15) is 0 Å². The summed E-state index contributed by atoms with van der Waals surface area (Å²) < 4.78 is 12.6. The summed E-state index contributed by atoms with van der Waals surface area (Å²) in [6.07, 6.45) is 0. The minimum absolute atomic E-state index is 0.564. The molecule has 0 radical (unpaired) electrons. The molecule has 0 saturated carbocycles. The van der Waals surface area contributed by atoms with Gasteiger partial charge in [-0.3, -0.25) is 0 Å².